The molecule has 0 bridgehead atoms. The summed E-state index contributed by atoms with van der Waals surface area (Å²) in [6.07, 6.45) is -3.83. The second kappa shape index (κ2) is 11.9. The second-order valence-electron chi connectivity index (χ2n) is 4.97. The number of ether oxygens (including phenoxy) is 1. The Balaban J connectivity index is 0.00000529. The van der Waals surface area contributed by atoms with E-state index in [9.17, 15) is 13.2 Å². The average molecular weight is 480 g/mol. The van der Waals surface area contributed by atoms with Gasteiger partial charge in [0.2, 0.25) is 0 Å². The number of rotatable bonds is 8. The normalized spacial score (nSPS) is 12.0. The van der Waals surface area contributed by atoms with Crippen molar-refractivity contribution < 1.29 is 17.9 Å². The van der Waals surface area contributed by atoms with Gasteiger partial charge in [-0.1, -0.05) is 0 Å². The highest BCUT2D eigenvalue weighted by molar-refractivity contribution is 14.0. The number of thiazole rings is 1. The van der Waals surface area contributed by atoms with Crippen LogP contribution >= 0.6 is 35.3 Å². The third-order valence-electron chi connectivity index (χ3n) is 2.74. The van der Waals surface area contributed by atoms with E-state index in [-0.39, 0.29) is 30.6 Å². The van der Waals surface area contributed by atoms with Gasteiger partial charge in [-0.05, 0) is 20.3 Å². The molecule has 0 spiro atoms. The maximum absolute atomic E-state index is 11.9. The van der Waals surface area contributed by atoms with Crippen LogP contribution in [0.5, 0.6) is 0 Å². The van der Waals surface area contributed by atoms with Gasteiger partial charge in [0.1, 0.15) is 6.61 Å². The highest BCUT2D eigenvalue weighted by Gasteiger charge is 2.27. The Bertz CT molecular complexity index is 497. The lowest BCUT2D eigenvalue weighted by molar-refractivity contribution is -0.173. The minimum absolute atomic E-state index is 0. The quantitative estimate of drug-likeness (QED) is 0.268. The van der Waals surface area contributed by atoms with Crippen LogP contribution < -0.4 is 5.32 Å². The zero-order valence-electron chi connectivity index (χ0n) is 14.0. The van der Waals surface area contributed by atoms with Crippen LogP contribution in [0.2, 0.25) is 0 Å². The molecule has 24 heavy (non-hydrogen) atoms. The number of nitrogens with zero attached hydrogens (tertiary/aromatic N) is 3. The Kier molecular flexibility index (Phi) is 11.5. The van der Waals surface area contributed by atoms with E-state index < -0.39 is 12.8 Å². The lowest BCUT2D eigenvalue weighted by atomic mass is 10.4. The smallest absolute Gasteiger partial charge is 0.372 e. The maximum Gasteiger partial charge on any atom is 0.411 e. The molecule has 1 aromatic heterocycles. The van der Waals surface area contributed by atoms with Crippen LogP contribution in [0, 0.1) is 6.92 Å². The van der Waals surface area contributed by atoms with Crippen LogP contribution in [-0.4, -0.2) is 55.4 Å². The van der Waals surface area contributed by atoms with Crippen LogP contribution in [-0.2, 0) is 11.3 Å². The van der Waals surface area contributed by atoms with Crippen LogP contribution in [0.15, 0.2) is 10.4 Å². The summed E-state index contributed by atoms with van der Waals surface area (Å²) in [6.45, 7) is 4.49. The summed E-state index contributed by atoms with van der Waals surface area (Å²) in [5, 5.41) is 6.17. The van der Waals surface area contributed by atoms with Crippen molar-refractivity contribution in [3.63, 3.8) is 0 Å². The fourth-order valence-electron chi connectivity index (χ4n) is 1.81. The fraction of sp³-hybridized carbons (Fsp3) is 0.714. The number of aliphatic imine (C=N–C) groups is 1. The van der Waals surface area contributed by atoms with Gasteiger partial charge in [0, 0.05) is 32.1 Å². The van der Waals surface area contributed by atoms with E-state index in [2.05, 4.69) is 20.0 Å². The number of aryl methyl sites for hydroxylation is 1. The monoisotopic (exact) mass is 480 g/mol. The maximum atomic E-state index is 11.9. The molecule has 0 aliphatic heterocycles. The molecule has 0 fully saturated rings. The zero-order valence-corrected chi connectivity index (χ0v) is 17.2. The predicted molar refractivity (Wildman–Crippen MR) is 101 cm³/mol. The van der Waals surface area contributed by atoms with Crippen molar-refractivity contribution in [1.29, 1.82) is 0 Å². The van der Waals surface area contributed by atoms with Crippen molar-refractivity contribution in [3.05, 3.63) is 16.1 Å². The molecule has 10 heteroatoms. The van der Waals surface area contributed by atoms with Gasteiger partial charge in [0.15, 0.2) is 5.96 Å². The van der Waals surface area contributed by atoms with Crippen molar-refractivity contribution in [2.75, 3.05) is 33.4 Å². The topological polar surface area (TPSA) is 49.8 Å². The third kappa shape index (κ3) is 10.3. The highest BCUT2D eigenvalue weighted by atomic mass is 127. The minimum atomic E-state index is -4.27. The van der Waals surface area contributed by atoms with Gasteiger partial charge in [-0.25, -0.2) is 4.98 Å². The van der Waals surface area contributed by atoms with Crippen LogP contribution in [0.25, 0.3) is 0 Å². The SMILES string of the molecule is CCNC(=NCCCOCC(F)(F)F)N(C)Cc1csc(C)n1.I. The zero-order chi connectivity index (χ0) is 17.3. The largest absolute Gasteiger partial charge is 0.411 e. The van der Waals surface area contributed by atoms with Crippen LogP contribution in [0.3, 0.4) is 0 Å². The molecule has 1 N–H and O–H groups in total. The minimum Gasteiger partial charge on any atom is -0.372 e. The summed E-state index contributed by atoms with van der Waals surface area (Å²) in [6, 6.07) is 0. The molecule has 0 radical (unpaired) electrons. The van der Waals surface area contributed by atoms with Gasteiger partial charge in [-0.15, -0.1) is 35.3 Å². The number of hydrogen-bond donors (Lipinski definition) is 1. The van der Waals surface area contributed by atoms with Gasteiger partial charge in [-0.2, -0.15) is 13.2 Å². The van der Waals surface area contributed by atoms with E-state index in [1.54, 1.807) is 11.3 Å². The van der Waals surface area contributed by atoms with Gasteiger partial charge < -0.3 is 15.0 Å². The molecule has 0 unspecified atom stereocenters. The Morgan fingerprint density at radius 2 is 2.17 bits per heavy atom. The summed E-state index contributed by atoms with van der Waals surface area (Å²) in [4.78, 5) is 10.7. The first-order chi connectivity index (χ1) is 10.8. The molecule has 0 aliphatic rings. The molecular weight excluding hydrogens is 456 g/mol. The van der Waals surface area contributed by atoms with Crippen molar-refractivity contribution in [3.8, 4) is 0 Å². The number of hydrogen-bond acceptors (Lipinski definition) is 4. The Hall–Kier alpha value is -0.620. The lowest BCUT2D eigenvalue weighted by Gasteiger charge is -2.21. The number of aromatic nitrogens is 1. The molecule has 0 atom stereocenters. The predicted octanol–water partition coefficient (Wildman–Crippen LogP) is 3.44. The molecule has 1 aromatic rings. The Morgan fingerprint density at radius 1 is 1.46 bits per heavy atom. The van der Waals surface area contributed by atoms with E-state index in [1.165, 1.54) is 0 Å². The summed E-state index contributed by atoms with van der Waals surface area (Å²) < 4.78 is 40.4. The second-order valence-corrected chi connectivity index (χ2v) is 6.03. The summed E-state index contributed by atoms with van der Waals surface area (Å²) in [7, 11) is 1.90. The number of halogens is 4. The molecule has 0 aliphatic carbocycles. The molecular formula is C14H24F3IN4OS. The van der Waals surface area contributed by atoms with E-state index in [0.29, 0.717) is 32.0 Å². The molecule has 1 rings (SSSR count). The molecule has 0 saturated carbocycles. The van der Waals surface area contributed by atoms with E-state index in [4.69, 9.17) is 0 Å². The standard InChI is InChI=1S/C14H23F3N4OS.HI/c1-4-18-13(19-6-5-7-22-10-14(15,16)17)21(3)8-12-9-23-11(2)20-12;/h9H,4-8,10H2,1-3H3,(H,18,19);1H. The van der Waals surface area contributed by atoms with Gasteiger partial charge >= 0.3 is 6.18 Å². The average Bonchev–Trinajstić information content (AvgIpc) is 2.85. The van der Waals surface area contributed by atoms with Gasteiger partial charge in [0.25, 0.3) is 0 Å². The van der Waals surface area contributed by atoms with Crippen molar-refractivity contribution in [1.82, 2.24) is 15.2 Å². The van der Waals surface area contributed by atoms with E-state index >= 15 is 0 Å². The van der Waals surface area contributed by atoms with Crippen LogP contribution in [0.1, 0.15) is 24.0 Å². The fourth-order valence-corrected chi connectivity index (χ4v) is 2.41. The summed E-state index contributed by atoms with van der Waals surface area (Å²) >= 11 is 1.59. The number of guanidine groups is 1. The van der Waals surface area contributed by atoms with E-state index in [1.807, 2.05) is 31.2 Å². The summed E-state index contributed by atoms with van der Waals surface area (Å²) in [5.74, 6) is 0.703. The highest BCUT2D eigenvalue weighted by Crippen LogP contribution is 2.14. The molecule has 1 heterocycles. The lowest BCUT2D eigenvalue weighted by Crippen LogP contribution is -2.38. The Morgan fingerprint density at radius 3 is 2.71 bits per heavy atom. The summed E-state index contributed by atoms with van der Waals surface area (Å²) in [5.41, 5.74) is 0.967. The van der Waals surface area contributed by atoms with Crippen molar-refractivity contribution in [2.24, 2.45) is 4.99 Å². The first-order valence-electron chi connectivity index (χ1n) is 7.36. The first-order valence-corrected chi connectivity index (χ1v) is 8.24. The number of nitrogens with one attached hydrogen (secondary N) is 1. The first kappa shape index (κ1) is 23.4. The molecule has 5 nitrogen and oxygen atoms in total. The van der Waals surface area contributed by atoms with Crippen molar-refractivity contribution >= 4 is 41.3 Å². The van der Waals surface area contributed by atoms with Crippen molar-refractivity contribution in [2.45, 2.75) is 33.0 Å². The molecule has 140 valence electrons. The van der Waals surface area contributed by atoms with Gasteiger partial charge in [-0.3, -0.25) is 4.99 Å². The van der Waals surface area contributed by atoms with Gasteiger partial charge in [0.05, 0.1) is 17.2 Å². The molecule has 0 amide bonds. The Labute approximate surface area is 161 Å². The number of alkyl halides is 3. The molecule has 0 saturated heterocycles. The third-order valence-corrected chi connectivity index (χ3v) is 3.56. The van der Waals surface area contributed by atoms with E-state index in [0.717, 1.165) is 10.7 Å². The molecule has 0 aromatic carbocycles. The van der Waals surface area contributed by atoms with Crippen LogP contribution in [0.4, 0.5) is 13.2 Å².